The van der Waals surface area contributed by atoms with E-state index in [0.29, 0.717) is 16.2 Å². The first-order chi connectivity index (χ1) is 12.9. The number of carbonyl (C=O) groups excluding carboxylic acids is 2. The van der Waals surface area contributed by atoms with Crippen LogP contribution in [0, 0.1) is 0 Å². The van der Waals surface area contributed by atoms with Gasteiger partial charge in [-0.15, -0.1) is 11.3 Å². The molecule has 0 aliphatic carbocycles. The molecule has 0 atom stereocenters. The van der Waals surface area contributed by atoms with Crippen LogP contribution in [0.15, 0.2) is 30.5 Å². The monoisotopic (exact) mass is 444 g/mol. The Morgan fingerprint density at radius 2 is 2.00 bits per heavy atom. The van der Waals surface area contributed by atoms with Crippen LogP contribution in [0.2, 0.25) is 15.1 Å². The summed E-state index contributed by atoms with van der Waals surface area (Å²) < 4.78 is 11.0. The lowest BCUT2D eigenvalue weighted by Gasteiger charge is -2.07. The lowest BCUT2D eigenvalue weighted by molar-refractivity contribution is -0.119. The van der Waals surface area contributed by atoms with Crippen molar-refractivity contribution in [2.75, 3.05) is 19.0 Å². The number of nitrogens with zero attached hydrogens (tertiary/aromatic N) is 1. The molecule has 2 heterocycles. The van der Waals surface area contributed by atoms with Crippen LogP contribution in [0.3, 0.4) is 0 Å². The summed E-state index contributed by atoms with van der Waals surface area (Å²) in [6.45, 7) is -0.520. The Morgan fingerprint density at radius 1 is 1.22 bits per heavy atom. The molecule has 0 saturated heterocycles. The average Bonchev–Trinajstić information content (AvgIpc) is 2.98. The summed E-state index contributed by atoms with van der Waals surface area (Å²) in [4.78, 5) is 28.4. The Hall–Kier alpha value is -2.06. The highest BCUT2D eigenvalue weighted by Gasteiger charge is 2.20. The highest BCUT2D eigenvalue weighted by molar-refractivity contribution is 7.21. The maximum absolute atomic E-state index is 12.3. The molecule has 3 rings (SSSR count). The predicted octanol–water partition coefficient (Wildman–Crippen LogP) is 5.06. The van der Waals surface area contributed by atoms with Crippen molar-refractivity contribution in [3.8, 4) is 5.75 Å². The van der Waals surface area contributed by atoms with Crippen LogP contribution in [0.4, 0.5) is 5.82 Å². The zero-order valence-electron chi connectivity index (χ0n) is 13.7. The van der Waals surface area contributed by atoms with E-state index in [1.54, 1.807) is 25.3 Å². The van der Waals surface area contributed by atoms with Gasteiger partial charge >= 0.3 is 5.97 Å². The maximum Gasteiger partial charge on any atom is 0.350 e. The standard InChI is InChI=1S/C17H11Cl3N2O4S/c1-25-9-2-3-10-12(5-9)27-15(14(10)20)17(24)26-7-13(23)22-16-11(19)4-8(18)6-21-16/h2-6H,7H2,1H3,(H,21,22,23). The van der Waals surface area contributed by atoms with Crippen molar-refractivity contribution in [1.29, 1.82) is 0 Å². The van der Waals surface area contributed by atoms with E-state index in [1.165, 1.54) is 12.3 Å². The van der Waals surface area contributed by atoms with Gasteiger partial charge in [0, 0.05) is 16.3 Å². The van der Waals surface area contributed by atoms with Gasteiger partial charge in [0.15, 0.2) is 12.4 Å². The van der Waals surface area contributed by atoms with Crippen molar-refractivity contribution in [3.05, 3.63) is 50.4 Å². The normalized spacial score (nSPS) is 10.7. The minimum atomic E-state index is -0.703. The SMILES string of the molecule is COc1ccc2c(Cl)c(C(=O)OCC(=O)Nc3ncc(Cl)cc3Cl)sc2c1. The lowest BCUT2D eigenvalue weighted by atomic mass is 10.2. The molecule has 1 aromatic carbocycles. The van der Waals surface area contributed by atoms with Crippen molar-refractivity contribution < 1.29 is 19.1 Å². The number of fused-ring (bicyclic) bond motifs is 1. The lowest BCUT2D eigenvalue weighted by Crippen LogP contribution is -2.21. The van der Waals surface area contributed by atoms with Gasteiger partial charge in [-0.3, -0.25) is 4.79 Å². The second kappa shape index (κ2) is 8.31. The number of rotatable bonds is 5. The molecule has 6 nitrogen and oxygen atoms in total. The summed E-state index contributed by atoms with van der Waals surface area (Å²) >= 11 is 19.1. The Labute approximate surface area is 172 Å². The number of ether oxygens (including phenoxy) is 2. The van der Waals surface area contributed by atoms with Gasteiger partial charge in [-0.2, -0.15) is 0 Å². The molecule has 1 N–H and O–H groups in total. The zero-order valence-corrected chi connectivity index (χ0v) is 16.8. The van der Waals surface area contributed by atoms with Gasteiger partial charge in [-0.1, -0.05) is 34.8 Å². The smallest absolute Gasteiger partial charge is 0.350 e. The molecule has 0 bridgehead atoms. The molecule has 140 valence electrons. The van der Waals surface area contributed by atoms with Crippen molar-refractivity contribution in [2.45, 2.75) is 0 Å². The molecule has 10 heteroatoms. The van der Waals surface area contributed by atoms with E-state index >= 15 is 0 Å². The van der Waals surface area contributed by atoms with Gasteiger partial charge in [0.05, 0.1) is 22.2 Å². The number of hydrogen-bond donors (Lipinski definition) is 1. The number of pyridine rings is 1. The fraction of sp³-hybridized carbons (Fsp3) is 0.118. The van der Waals surface area contributed by atoms with E-state index in [4.69, 9.17) is 44.3 Å². The molecule has 0 aliphatic heterocycles. The quantitative estimate of drug-likeness (QED) is 0.555. The maximum atomic E-state index is 12.3. The molecule has 0 aliphatic rings. The van der Waals surface area contributed by atoms with E-state index in [1.807, 2.05) is 0 Å². The summed E-state index contributed by atoms with van der Waals surface area (Å²) in [6.07, 6.45) is 1.33. The third kappa shape index (κ3) is 4.44. The Morgan fingerprint density at radius 3 is 2.70 bits per heavy atom. The van der Waals surface area contributed by atoms with Crippen LogP contribution >= 0.6 is 46.1 Å². The summed E-state index contributed by atoms with van der Waals surface area (Å²) in [7, 11) is 1.55. The van der Waals surface area contributed by atoms with E-state index in [-0.39, 0.29) is 20.7 Å². The Balaban J connectivity index is 1.67. The fourth-order valence-electron chi connectivity index (χ4n) is 2.18. The van der Waals surface area contributed by atoms with Crippen molar-refractivity contribution in [1.82, 2.24) is 4.98 Å². The number of anilines is 1. The van der Waals surface area contributed by atoms with E-state index in [0.717, 1.165) is 16.0 Å². The van der Waals surface area contributed by atoms with E-state index in [9.17, 15) is 9.59 Å². The van der Waals surface area contributed by atoms with Crippen LogP contribution < -0.4 is 10.1 Å². The summed E-state index contributed by atoms with van der Waals surface area (Å²) in [6, 6.07) is 6.70. The molecule has 0 saturated carbocycles. The Kier molecular flexibility index (Phi) is 6.06. The van der Waals surface area contributed by atoms with Crippen molar-refractivity contribution in [2.24, 2.45) is 0 Å². The van der Waals surface area contributed by atoms with Crippen LogP contribution in [0.5, 0.6) is 5.75 Å². The second-order valence-corrected chi connectivity index (χ2v) is 7.49. The number of nitrogens with one attached hydrogen (secondary N) is 1. The van der Waals surface area contributed by atoms with Crippen molar-refractivity contribution in [3.63, 3.8) is 0 Å². The molecule has 0 unspecified atom stereocenters. The number of methoxy groups -OCH3 is 1. The third-order valence-corrected chi connectivity index (χ3v) is 5.55. The predicted molar refractivity (Wildman–Crippen MR) is 107 cm³/mol. The zero-order chi connectivity index (χ0) is 19.6. The van der Waals surface area contributed by atoms with Gasteiger partial charge in [-0.05, 0) is 24.3 Å². The third-order valence-electron chi connectivity index (χ3n) is 3.42. The number of benzene rings is 1. The topological polar surface area (TPSA) is 77.5 Å². The first-order valence-corrected chi connectivity index (χ1v) is 9.38. The molecule has 0 spiro atoms. The van der Waals surface area contributed by atoms with Crippen LogP contribution in [-0.2, 0) is 9.53 Å². The van der Waals surface area contributed by atoms with Crippen LogP contribution in [0.25, 0.3) is 10.1 Å². The van der Waals surface area contributed by atoms with Gasteiger partial charge in [0.1, 0.15) is 10.6 Å². The number of hydrogen-bond acceptors (Lipinski definition) is 6. The molecule has 0 radical (unpaired) electrons. The van der Waals surface area contributed by atoms with Crippen LogP contribution in [0.1, 0.15) is 9.67 Å². The number of aromatic nitrogens is 1. The molecular formula is C17H11Cl3N2O4S. The van der Waals surface area contributed by atoms with Gasteiger partial charge in [-0.25, -0.2) is 9.78 Å². The fourth-order valence-corrected chi connectivity index (χ4v) is 4.03. The molecule has 2 aromatic heterocycles. The molecule has 3 aromatic rings. The highest BCUT2D eigenvalue weighted by Crippen LogP contribution is 2.37. The van der Waals surface area contributed by atoms with Gasteiger partial charge in [0.25, 0.3) is 5.91 Å². The number of thiophene rings is 1. The van der Waals surface area contributed by atoms with E-state index < -0.39 is 18.5 Å². The average molecular weight is 446 g/mol. The number of amides is 1. The van der Waals surface area contributed by atoms with E-state index in [2.05, 4.69) is 10.3 Å². The minimum absolute atomic E-state index is 0.120. The largest absolute Gasteiger partial charge is 0.497 e. The first kappa shape index (κ1) is 19.7. The number of carbonyl (C=O) groups is 2. The number of esters is 1. The summed E-state index contributed by atoms with van der Waals surface area (Å²) in [5, 5.41) is 3.91. The molecular weight excluding hydrogens is 435 g/mol. The van der Waals surface area contributed by atoms with Gasteiger partial charge < -0.3 is 14.8 Å². The number of halogens is 3. The second-order valence-electron chi connectivity index (χ2n) is 5.22. The molecule has 0 fully saturated rings. The van der Waals surface area contributed by atoms with Crippen molar-refractivity contribution >= 4 is 73.9 Å². The highest BCUT2D eigenvalue weighted by atomic mass is 35.5. The summed E-state index contributed by atoms with van der Waals surface area (Å²) in [5.41, 5.74) is 0. The summed E-state index contributed by atoms with van der Waals surface area (Å²) in [5.74, 6) is -0.536. The minimum Gasteiger partial charge on any atom is -0.497 e. The van der Waals surface area contributed by atoms with Gasteiger partial charge in [0.2, 0.25) is 0 Å². The first-order valence-electron chi connectivity index (χ1n) is 7.43. The molecule has 1 amide bonds. The van der Waals surface area contributed by atoms with Crippen LogP contribution in [-0.4, -0.2) is 30.6 Å². The molecule has 27 heavy (non-hydrogen) atoms. The Bertz CT molecular complexity index is 1040.